The second-order valence-electron chi connectivity index (χ2n) is 10.4. The van der Waals surface area contributed by atoms with Crippen molar-refractivity contribution < 1.29 is 0 Å². The number of benzene rings is 6. The van der Waals surface area contributed by atoms with E-state index in [1.165, 1.54) is 31.8 Å². The van der Waals surface area contributed by atoms with Crippen molar-refractivity contribution in [3.05, 3.63) is 182 Å². The van der Waals surface area contributed by atoms with Crippen LogP contribution in [0.25, 0.3) is 0 Å². The molecule has 0 aliphatic carbocycles. The Morgan fingerprint density at radius 3 is 0.767 bits per heavy atom. The van der Waals surface area contributed by atoms with Crippen LogP contribution in [0.3, 0.4) is 0 Å². The van der Waals surface area contributed by atoms with Crippen LogP contribution in [0.4, 0.5) is 0 Å². The minimum Gasteiger partial charge on any atom is -0.0622 e. The van der Waals surface area contributed by atoms with Gasteiger partial charge in [-0.05, 0) is 59.0 Å². The average Bonchev–Trinajstić information content (AvgIpc) is 3.08. The zero-order valence-electron chi connectivity index (χ0n) is 24.9. The van der Waals surface area contributed by atoms with Crippen LogP contribution in [0.5, 0.6) is 0 Å². The fraction of sp³-hybridized carbons (Fsp3) is 0.100. The van der Waals surface area contributed by atoms with Gasteiger partial charge in [-0.25, -0.2) is 0 Å². The van der Waals surface area contributed by atoms with Crippen molar-refractivity contribution in [3.63, 3.8) is 0 Å². The molecule has 0 nitrogen and oxygen atoms in total. The molecule has 0 aliphatic heterocycles. The molecule has 0 radical (unpaired) electrons. The van der Waals surface area contributed by atoms with Crippen molar-refractivity contribution in [2.45, 2.75) is 25.2 Å². The van der Waals surface area contributed by atoms with Crippen molar-refractivity contribution >= 4 is 56.3 Å². The van der Waals surface area contributed by atoms with Gasteiger partial charge in [0.05, 0.1) is 0 Å². The SMILES string of the molecule is CC(C(C)P(c1ccccc1)c1ccccc1)P(c1ccccc1)c1ccccc1.c1ccc(Pc2ccccc2)cc1. The van der Waals surface area contributed by atoms with Crippen LogP contribution in [0.2, 0.25) is 0 Å². The molecule has 6 rings (SSSR count). The molecular formula is C40H39P3. The van der Waals surface area contributed by atoms with Crippen molar-refractivity contribution in [2.75, 3.05) is 0 Å². The highest BCUT2D eigenvalue weighted by atomic mass is 31.1. The van der Waals surface area contributed by atoms with E-state index in [0.717, 1.165) is 8.58 Å². The number of rotatable bonds is 9. The lowest BCUT2D eigenvalue weighted by Gasteiger charge is -2.35. The fourth-order valence-corrected chi connectivity index (χ4v) is 12.4. The topological polar surface area (TPSA) is 0 Å². The maximum absolute atomic E-state index is 2.47. The Labute approximate surface area is 262 Å². The minimum atomic E-state index is -0.448. The number of hydrogen-bond acceptors (Lipinski definition) is 0. The van der Waals surface area contributed by atoms with E-state index in [0.29, 0.717) is 11.3 Å². The molecule has 214 valence electrons. The smallest absolute Gasteiger partial charge is 0.00861 e. The van der Waals surface area contributed by atoms with Crippen molar-refractivity contribution in [2.24, 2.45) is 0 Å². The van der Waals surface area contributed by atoms with Crippen LogP contribution in [0.15, 0.2) is 182 Å². The lowest BCUT2D eigenvalue weighted by atomic mass is 10.3. The molecule has 0 aromatic heterocycles. The summed E-state index contributed by atoms with van der Waals surface area (Å²) in [5.74, 6) is 0. The molecule has 3 heteroatoms. The molecule has 43 heavy (non-hydrogen) atoms. The van der Waals surface area contributed by atoms with Gasteiger partial charge in [0.15, 0.2) is 0 Å². The third kappa shape index (κ3) is 8.82. The Bertz CT molecular complexity index is 1390. The van der Waals surface area contributed by atoms with Gasteiger partial charge in [0.1, 0.15) is 0 Å². The second kappa shape index (κ2) is 16.5. The summed E-state index contributed by atoms with van der Waals surface area (Å²) in [6.45, 7) is 4.94. The molecule has 6 aromatic carbocycles. The minimum absolute atomic E-state index is 0.448. The van der Waals surface area contributed by atoms with Crippen LogP contribution in [-0.2, 0) is 0 Å². The Morgan fingerprint density at radius 1 is 0.326 bits per heavy atom. The first-order valence-electron chi connectivity index (χ1n) is 14.9. The molecule has 0 saturated carbocycles. The Balaban J connectivity index is 0.000000235. The first kappa shape index (κ1) is 31.0. The lowest BCUT2D eigenvalue weighted by molar-refractivity contribution is 0.912. The molecule has 0 fully saturated rings. The molecular weight excluding hydrogens is 573 g/mol. The predicted octanol–water partition coefficient (Wildman–Crippen LogP) is 8.35. The predicted molar refractivity (Wildman–Crippen MR) is 198 cm³/mol. The largest absolute Gasteiger partial charge is 0.0622 e. The fourth-order valence-electron chi connectivity index (χ4n) is 5.23. The molecule has 0 bridgehead atoms. The van der Waals surface area contributed by atoms with Crippen molar-refractivity contribution in [3.8, 4) is 0 Å². The lowest BCUT2D eigenvalue weighted by Crippen LogP contribution is -2.31. The monoisotopic (exact) mass is 612 g/mol. The van der Waals surface area contributed by atoms with E-state index in [4.69, 9.17) is 0 Å². The van der Waals surface area contributed by atoms with Gasteiger partial charge < -0.3 is 0 Å². The molecule has 2 atom stereocenters. The van der Waals surface area contributed by atoms with Gasteiger partial charge in [0.25, 0.3) is 0 Å². The first-order valence-corrected chi connectivity index (χ1v) is 18.7. The number of hydrogen-bond donors (Lipinski definition) is 0. The third-order valence-corrected chi connectivity index (χ3v) is 14.9. The Morgan fingerprint density at radius 2 is 0.535 bits per heavy atom. The van der Waals surface area contributed by atoms with Crippen LogP contribution in [0.1, 0.15) is 13.8 Å². The van der Waals surface area contributed by atoms with E-state index in [1.807, 2.05) is 0 Å². The van der Waals surface area contributed by atoms with Gasteiger partial charge in [0, 0.05) is 0 Å². The summed E-state index contributed by atoms with van der Waals surface area (Å²) < 4.78 is 0. The van der Waals surface area contributed by atoms with Crippen molar-refractivity contribution in [1.29, 1.82) is 0 Å². The zero-order chi connectivity index (χ0) is 29.7. The molecule has 2 unspecified atom stereocenters. The zero-order valence-corrected chi connectivity index (χ0v) is 27.7. The molecule has 0 saturated heterocycles. The van der Waals surface area contributed by atoms with Crippen LogP contribution >= 0.6 is 24.4 Å². The molecule has 0 spiro atoms. The van der Waals surface area contributed by atoms with Gasteiger partial charge >= 0.3 is 0 Å². The van der Waals surface area contributed by atoms with Crippen LogP contribution < -0.4 is 31.8 Å². The maximum atomic E-state index is 2.47. The third-order valence-electron chi connectivity index (χ3n) is 7.49. The summed E-state index contributed by atoms with van der Waals surface area (Å²) >= 11 is 0. The van der Waals surface area contributed by atoms with E-state index in [1.54, 1.807) is 0 Å². The van der Waals surface area contributed by atoms with Crippen LogP contribution in [0, 0.1) is 0 Å². The molecule has 6 aromatic rings. The maximum Gasteiger partial charge on any atom is -0.00861 e. The van der Waals surface area contributed by atoms with Gasteiger partial charge in [-0.2, -0.15) is 0 Å². The average molecular weight is 613 g/mol. The van der Waals surface area contributed by atoms with E-state index in [2.05, 4.69) is 196 Å². The normalized spacial score (nSPS) is 12.3. The van der Waals surface area contributed by atoms with Gasteiger partial charge in [-0.15, -0.1) is 0 Å². The molecule has 0 heterocycles. The summed E-state index contributed by atoms with van der Waals surface area (Å²) in [5, 5.41) is 8.66. The quantitative estimate of drug-likeness (QED) is 0.144. The van der Waals surface area contributed by atoms with Gasteiger partial charge in [-0.3, -0.25) is 0 Å². The Hall–Kier alpha value is -3.39. The van der Waals surface area contributed by atoms with Gasteiger partial charge in [-0.1, -0.05) is 204 Å². The summed E-state index contributed by atoms with van der Waals surface area (Å²) in [4.78, 5) is 0. The highest BCUT2D eigenvalue weighted by Crippen LogP contribution is 2.51. The first-order chi connectivity index (χ1) is 21.2. The molecule has 0 N–H and O–H groups in total. The highest BCUT2D eigenvalue weighted by molar-refractivity contribution is 7.77. The van der Waals surface area contributed by atoms with E-state index >= 15 is 0 Å². The van der Waals surface area contributed by atoms with Gasteiger partial charge in [0.2, 0.25) is 0 Å². The molecule has 0 amide bonds. The van der Waals surface area contributed by atoms with Crippen molar-refractivity contribution in [1.82, 2.24) is 0 Å². The molecule has 0 aliphatic rings. The van der Waals surface area contributed by atoms with E-state index < -0.39 is 15.8 Å². The Kier molecular flexibility index (Phi) is 11.9. The van der Waals surface area contributed by atoms with E-state index in [9.17, 15) is 0 Å². The summed E-state index contributed by atoms with van der Waals surface area (Å²) in [7, 11) is -0.120. The standard InChI is InChI=1S/C28H28P2.C12H11P/c1-23(29(25-15-7-3-8-16-25)26-17-9-4-10-18-26)24(2)30(27-19-11-5-12-20-27)28-21-13-6-14-22-28;1-3-7-11(8-4-1)13-12-9-5-2-6-10-12/h3-24H,1-2H3;1-10,13H. The van der Waals surface area contributed by atoms with E-state index in [-0.39, 0.29) is 0 Å². The summed E-state index contributed by atoms with van der Waals surface area (Å²) in [6.07, 6.45) is 0. The summed E-state index contributed by atoms with van der Waals surface area (Å²) in [5.41, 5.74) is 1.10. The highest BCUT2D eigenvalue weighted by Gasteiger charge is 2.32. The second-order valence-corrected chi connectivity index (χ2v) is 17.0. The van der Waals surface area contributed by atoms with Crippen LogP contribution in [-0.4, -0.2) is 11.3 Å². The summed E-state index contributed by atoms with van der Waals surface area (Å²) in [6, 6.07) is 65.6.